The van der Waals surface area contributed by atoms with Crippen LogP contribution in [0.15, 0.2) is 59.9 Å². The van der Waals surface area contributed by atoms with Gasteiger partial charge in [-0.2, -0.15) is 0 Å². The van der Waals surface area contributed by atoms with Crippen LogP contribution in [0.3, 0.4) is 0 Å². The molecule has 0 fully saturated rings. The number of para-hydroxylation sites is 1. The van der Waals surface area contributed by atoms with Gasteiger partial charge in [-0.3, -0.25) is 4.31 Å². The summed E-state index contributed by atoms with van der Waals surface area (Å²) in [5.74, 6) is 0. The fourth-order valence-corrected chi connectivity index (χ4v) is 4.18. The lowest BCUT2D eigenvalue weighted by molar-refractivity contribution is 0.164. The van der Waals surface area contributed by atoms with E-state index in [0.29, 0.717) is 16.3 Å². The first-order valence-corrected chi connectivity index (χ1v) is 10.7. The Hall–Kier alpha value is -2.55. The van der Waals surface area contributed by atoms with Crippen molar-refractivity contribution in [2.24, 2.45) is 5.16 Å². The van der Waals surface area contributed by atoms with E-state index in [0.717, 1.165) is 21.5 Å². The number of oxime groups is 1. The van der Waals surface area contributed by atoms with E-state index in [-0.39, 0.29) is 13.1 Å². The zero-order valence-electron chi connectivity index (χ0n) is 15.1. The largest absolute Gasteiger partial charge is 0.411 e. The molecule has 0 spiro atoms. The predicted octanol–water partition coefficient (Wildman–Crippen LogP) is 2.93. The molecule has 1 heterocycles. The number of aromatic nitrogens is 1. The fourth-order valence-electron chi connectivity index (χ4n) is 3.11. The van der Waals surface area contributed by atoms with Crippen molar-refractivity contribution in [2.75, 3.05) is 17.1 Å². The lowest BCUT2D eigenvalue weighted by Crippen LogP contribution is -2.38. The first-order valence-electron chi connectivity index (χ1n) is 8.46. The molecule has 7 nitrogen and oxygen atoms in total. The highest BCUT2D eigenvalue weighted by Gasteiger charge is 2.22. The van der Waals surface area contributed by atoms with Crippen molar-refractivity contribution in [3.63, 3.8) is 0 Å². The summed E-state index contributed by atoms with van der Waals surface area (Å²) >= 11 is 5.88. The van der Waals surface area contributed by atoms with Crippen molar-refractivity contribution >= 4 is 44.4 Å². The monoisotopic (exact) mass is 421 g/mol. The minimum atomic E-state index is -3.60. The average molecular weight is 422 g/mol. The molecule has 1 atom stereocenters. The van der Waals surface area contributed by atoms with Crippen LogP contribution in [0, 0.1) is 0 Å². The lowest BCUT2D eigenvalue weighted by atomic mass is 10.2. The minimum Gasteiger partial charge on any atom is -0.411 e. The minimum absolute atomic E-state index is 0.115. The molecule has 0 amide bonds. The number of halogens is 1. The Labute approximate surface area is 168 Å². The molecule has 0 saturated carbocycles. The van der Waals surface area contributed by atoms with E-state index in [4.69, 9.17) is 16.8 Å². The zero-order valence-corrected chi connectivity index (χ0v) is 16.7. The third-order valence-corrected chi connectivity index (χ3v) is 5.73. The molecule has 0 bridgehead atoms. The van der Waals surface area contributed by atoms with Gasteiger partial charge in [0.05, 0.1) is 37.4 Å². The Bertz CT molecular complexity index is 1090. The molecular weight excluding hydrogens is 402 g/mol. The number of benzene rings is 2. The van der Waals surface area contributed by atoms with Crippen LogP contribution in [0.25, 0.3) is 10.9 Å². The topological polar surface area (TPSA) is 95.1 Å². The summed E-state index contributed by atoms with van der Waals surface area (Å²) in [6.45, 7) is 0.0514. The second-order valence-electron chi connectivity index (χ2n) is 6.42. The molecule has 0 saturated heterocycles. The van der Waals surface area contributed by atoms with Crippen LogP contribution < -0.4 is 4.31 Å². The average Bonchev–Trinajstić information content (AvgIpc) is 2.98. The lowest BCUT2D eigenvalue weighted by Gasteiger charge is -2.25. The van der Waals surface area contributed by atoms with E-state index in [1.807, 2.05) is 24.3 Å². The van der Waals surface area contributed by atoms with Crippen LogP contribution in [0.2, 0.25) is 5.02 Å². The number of sulfonamides is 1. The highest BCUT2D eigenvalue weighted by Crippen LogP contribution is 2.23. The molecule has 148 valence electrons. The van der Waals surface area contributed by atoms with E-state index in [2.05, 4.69) is 5.16 Å². The Kier molecular flexibility index (Phi) is 5.93. The van der Waals surface area contributed by atoms with Crippen LogP contribution in [0.4, 0.5) is 5.69 Å². The van der Waals surface area contributed by atoms with Gasteiger partial charge in [0, 0.05) is 27.7 Å². The maximum atomic E-state index is 12.2. The normalized spacial score (nSPS) is 13.2. The molecule has 28 heavy (non-hydrogen) atoms. The summed E-state index contributed by atoms with van der Waals surface area (Å²) in [5, 5.41) is 23.9. The van der Waals surface area contributed by atoms with Crippen LogP contribution in [-0.4, -0.2) is 48.4 Å². The van der Waals surface area contributed by atoms with Gasteiger partial charge >= 0.3 is 0 Å². The molecule has 9 heteroatoms. The summed E-state index contributed by atoms with van der Waals surface area (Å²) in [5.41, 5.74) is 1.97. The second-order valence-corrected chi connectivity index (χ2v) is 8.77. The summed E-state index contributed by atoms with van der Waals surface area (Å²) < 4.78 is 27.4. The van der Waals surface area contributed by atoms with Gasteiger partial charge in [-0.15, -0.1) is 0 Å². The van der Waals surface area contributed by atoms with Gasteiger partial charge < -0.3 is 14.9 Å². The maximum absolute atomic E-state index is 12.2. The summed E-state index contributed by atoms with van der Waals surface area (Å²) in [6, 6.07) is 13.9. The highest BCUT2D eigenvalue weighted by atomic mass is 35.5. The standard InChI is InChI=1S/C19H20ClN3O4S/c1-28(26,27)23(16-8-6-15(20)7-9-16)13-17(24)12-22-11-14(10-21-25)18-4-2-3-5-19(18)22/h2-11,17,24-25H,12-13H2,1H3/b21-10-. The molecule has 2 N–H and O–H groups in total. The molecule has 3 aromatic rings. The number of rotatable bonds is 7. The van der Waals surface area contributed by atoms with E-state index < -0.39 is 16.1 Å². The quantitative estimate of drug-likeness (QED) is 0.348. The van der Waals surface area contributed by atoms with Crippen molar-refractivity contribution < 1.29 is 18.7 Å². The Morgan fingerprint density at radius 1 is 1.21 bits per heavy atom. The van der Waals surface area contributed by atoms with Gasteiger partial charge in [0.15, 0.2) is 0 Å². The first kappa shape index (κ1) is 20.2. The van der Waals surface area contributed by atoms with Crippen molar-refractivity contribution in [3.8, 4) is 0 Å². The Morgan fingerprint density at radius 2 is 1.89 bits per heavy atom. The van der Waals surface area contributed by atoms with Crippen LogP contribution in [0.1, 0.15) is 5.56 Å². The number of hydrogen-bond acceptors (Lipinski definition) is 5. The molecule has 3 rings (SSSR count). The number of anilines is 1. The summed E-state index contributed by atoms with van der Waals surface area (Å²) in [6.07, 6.45) is 3.19. The third kappa shape index (κ3) is 4.46. The SMILES string of the molecule is CS(=O)(=O)N(CC(O)Cn1cc(/C=N\O)c2ccccc21)c1ccc(Cl)cc1. The smallest absolute Gasteiger partial charge is 0.232 e. The number of nitrogens with zero attached hydrogens (tertiary/aromatic N) is 3. The van der Waals surface area contributed by atoms with Gasteiger partial charge in [0.2, 0.25) is 10.0 Å². The molecule has 0 aliphatic rings. The molecule has 0 radical (unpaired) electrons. The molecule has 0 aliphatic heterocycles. The van der Waals surface area contributed by atoms with Crippen LogP contribution >= 0.6 is 11.6 Å². The van der Waals surface area contributed by atoms with E-state index in [1.165, 1.54) is 6.21 Å². The zero-order chi connectivity index (χ0) is 20.3. The Balaban J connectivity index is 1.87. The number of aliphatic hydroxyl groups is 1. The highest BCUT2D eigenvalue weighted by molar-refractivity contribution is 7.92. The van der Waals surface area contributed by atoms with Gasteiger partial charge in [-0.25, -0.2) is 8.42 Å². The summed E-state index contributed by atoms with van der Waals surface area (Å²) in [4.78, 5) is 0. The Morgan fingerprint density at radius 3 is 2.54 bits per heavy atom. The van der Waals surface area contributed by atoms with Crippen molar-refractivity contribution in [3.05, 3.63) is 65.3 Å². The summed E-state index contributed by atoms with van der Waals surface area (Å²) in [7, 11) is -3.60. The number of aliphatic hydroxyl groups excluding tert-OH is 1. The molecule has 2 aromatic carbocycles. The molecular formula is C19H20ClN3O4S. The van der Waals surface area contributed by atoms with Gasteiger partial charge in [-0.05, 0) is 30.3 Å². The van der Waals surface area contributed by atoms with E-state index >= 15 is 0 Å². The van der Waals surface area contributed by atoms with E-state index in [9.17, 15) is 13.5 Å². The van der Waals surface area contributed by atoms with Gasteiger partial charge in [-0.1, -0.05) is 35.0 Å². The van der Waals surface area contributed by atoms with Crippen LogP contribution in [-0.2, 0) is 16.6 Å². The van der Waals surface area contributed by atoms with Gasteiger partial charge in [0.1, 0.15) is 0 Å². The predicted molar refractivity (Wildman–Crippen MR) is 111 cm³/mol. The number of fused-ring (bicyclic) bond motifs is 1. The van der Waals surface area contributed by atoms with Gasteiger partial charge in [0.25, 0.3) is 0 Å². The second kappa shape index (κ2) is 8.22. The first-order chi connectivity index (χ1) is 13.3. The maximum Gasteiger partial charge on any atom is 0.232 e. The van der Waals surface area contributed by atoms with Crippen molar-refractivity contribution in [1.29, 1.82) is 0 Å². The van der Waals surface area contributed by atoms with E-state index in [1.54, 1.807) is 35.0 Å². The fraction of sp³-hybridized carbons (Fsp3) is 0.211. The molecule has 1 unspecified atom stereocenters. The molecule has 0 aliphatic carbocycles. The van der Waals surface area contributed by atoms with Crippen molar-refractivity contribution in [1.82, 2.24) is 4.57 Å². The van der Waals surface area contributed by atoms with Crippen LogP contribution in [0.5, 0.6) is 0 Å². The van der Waals surface area contributed by atoms with Crippen molar-refractivity contribution in [2.45, 2.75) is 12.6 Å². The third-order valence-electron chi connectivity index (χ3n) is 4.32. The number of hydrogen-bond donors (Lipinski definition) is 2. The molecule has 1 aromatic heterocycles.